The van der Waals surface area contributed by atoms with Gasteiger partial charge in [0.2, 0.25) is 0 Å². The van der Waals surface area contributed by atoms with Crippen LogP contribution in [-0.4, -0.2) is 39.8 Å². The molecule has 134 valence electrons. The van der Waals surface area contributed by atoms with Gasteiger partial charge in [-0.05, 0) is 65.2 Å². The number of hydrogen-bond donors (Lipinski definition) is 1. The molecule has 2 aromatic rings. The van der Waals surface area contributed by atoms with Crippen LogP contribution in [0.25, 0.3) is 10.9 Å². The van der Waals surface area contributed by atoms with E-state index < -0.39 is 18.3 Å². The molecule has 6 nitrogen and oxygen atoms in total. The molecule has 25 heavy (non-hydrogen) atoms. The lowest BCUT2D eigenvalue weighted by molar-refractivity contribution is -0.0364. The molecule has 0 spiro atoms. The predicted molar refractivity (Wildman–Crippen MR) is 96.0 cm³/mol. The SMILES string of the molecule is CC1(C)OB(c2nn(C3CCCCO3)c3ccc(O)cc23)OC1(C)C. The van der Waals surface area contributed by atoms with Crippen molar-refractivity contribution in [2.75, 3.05) is 6.61 Å². The van der Waals surface area contributed by atoms with E-state index in [1.165, 1.54) is 0 Å². The Morgan fingerprint density at radius 1 is 1.16 bits per heavy atom. The highest BCUT2D eigenvalue weighted by molar-refractivity contribution is 6.64. The number of benzene rings is 1. The van der Waals surface area contributed by atoms with Gasteiger partial charge in [-0.2, -0.15) is 5.10 Å². The summed E-state index contributed by atoms with van der Waals surface area (Å²) < 4.78 is 20.2. The van der Waals surface area contributed by atoms with Crippen LogP contribution in [0.1, 0.15) is 53.2 Å². The van der Waals surface area contributed by atoms with Crippen LogP contribution in [0.4, 0.5) is 0 Å². The van der Waals surface area contributed by atoms with Crippen molar-refractivity contribution in [1.29, 1.82) is 0 Å². The molecule has 0 radical (unpaired) electrons. The lowest BCUT2D eigenvalue weighted by Gasteiger charge is -2.32. The molecule has 4 rings (SSSR count). The average Bonchev–Trinajstić information content (AvgIpc) is 3.02. The molecule has 1 aromatic heterocycles. The standard InChI is InChI=1S/C18H25BN2O4/c1-17(2)18(3,4)25-19(24-17)16-13-11-12(22)8-9-14(13)21(20-16)15-7-5-6-10-23-15/h8-9,11,15,22H,5-7,10H2,1-4H3. The van der Waals surface area contributed by atoms with E-state index in [0.717, 1.165) is 36.8 Å². The predicted octanol–water partition coefficient (Wildman–Crippen LogP) is 2.74. The molecule has 0 amide bonds. The fourth-order valence-corrected chi connectivity index (χ4v) is 3.42. The molecule has 2 aliphatic rings. The van der Waals surface area contributed by atoms with Crippen molar-refractivity contribution >= 4 is 23.6 Å². The van der Waals surface area contributed by atoms with Gasteiger partial charge in [0.1, 0.15) is 11.3 Å². The average molecular weight is 344 g/mol. The molecule has 7 heteroatoms. The van der Waals surface area contributed by atoms with Crippen molar-refractivity contribution < 1.29 is 19.2 Å². The van der Waals surface area contributed by atoms with E-state index in [4.69, 9.17) is 19.1 Å². The molecule has 2 saturated heterocycles. The Balaban J connectivity index is 1.80. The fourth-order valence-electron chi connectivity index (χ4n) is 3.42. The second-order valence-electron chi connectivity index (χ2n) is 7.94. The van der Waals surface area contributed by atoms with Gasteiger partial charge in [-0.15, -0.1) is 0 Å². The molecule has 0 saturated carbocycles. The third-order valence-electron chi connectivity index (χ3n) is 5.62. The van der Waals surface area contributed by atoms with Crippen molar-refractivity contribution in [2.45, 2.75) is 64.4 Å². The Kier molecular flexibility index (Phi) is 3.86. The third kappa shape index (κ3) is 2.74. The second-order valence-corrected chi connectivity index (χ2v) is 7.94. The molecular formula is C18H25BN2O4. The van der Waals surface area contributed by atoms with E-state index in [1.807, 2.05) is 38.4 Å². The fraction of sp³-hybridized carbons (Fsp3) is 0.611. The van der Waals surface area contributed by atoms with Crippen LogP contribution < -0.4 is 5.59 Å². The lowest BCUT2D eigenvalue weighted by Crippen LogP contribution is -2.41. The minimum atomic E-state index is -0.570. The summed E-state index contributed by atoms with van der Waals surface area (Å²) in [4.78, 5) is 0. The molecule has 3 heterocycles. The summed E-state index contributed by atoms with van der Waals surface area (Å²) >= 11 is 0. The number of ether oxygens (including phenoxy) is 1. The van der Waals surface area contributed by atoms with Crippen molar-refractivity contribution in [1.82, 2.24) is 9.78 Å². The Labute approximate surface area is 148 Å². The number of phenolic OH excluding ortho intramolecular Hbond substituents is 1. The summed E-state index contributed by atoms with van der Waals surface area (Å²) in [6, 6.07) is 5.28. The van der Waals surface area contributed by atoms with Gasteiger partial charge >= 0.3 is 7.12 Å². The second kappa shape index (κ2) is 5.72. The number of fused-ring (bicyclic) bond motifs is 1. The van der Waals surface area contributed by atoms with Gasteiger partial charge in [0.05, 0.1) is 16.7 Å². The molecule has 1 unspecified atom stereocenters. The summed E-state index contributed by atoms with van der Waals surface area (Å²) in [5, 5.41) is 15.6. The number of aromatic hydroxyl groups is 1. The number of aromatic nitrogens is 2. The topological polar surface area (TPSA) is 65.7 Å². The maximum Gasteiger partial charge on any atom is 0.517 e. The van der Waals surface area contributed by atoms with Crippen LogP contribution in [-0.2, 0) is 14.0 Å². The summed E-state index contributed by atoms with van der Waals surface area (Å²) in [6.45, 7) is 8.83. The zero-order chi connectivity index (χ0) is 17.8. The van der Waals surface area contributed by atoms with Crippen LogP contribution in [0, 0.1) is 0 Å². The summed E-state index contributed by atoms with van der Waals surface area (Å²) in [6.07, 6.45) is 3.05. The van der Waals surface area contributed by atoms with Gasteiger partial charge < -0.3 is 19.2 Å². The molecule has 0 bridgehead atoms. The van der Waals surface area contributed by atoms with Crippen LogP contribution in [0.15, 0.2) is 18.2 Å². The van der Waals surface area contributed by atoms with E-state index in [2.05, 4.69) is 0 Å². The van der Waals surface area contributed by atoms with E-state index in [0.29, 0.717) is 5.59 Å². The number of rotatable bonds is 2. The minimum Gasteiger partial charge on any atom is -0.508 e. The monoisotopic (exact) mass is 344 g/mol. The Morgan fingerprint density at radius 2 is 1.88 bits per heavy atom. The Bertz CT molecular complexity index is 780. The maximum atomic E-state index is 9.97. The van der Waals surface area contributed by atoms with E-state index in [9.17, 15) is 5.11 Å². The number of phenols is 1. The summed E-state index contributed by atoms with van der Waals surface area (Å²) in [5.41, 5.74) is 0.742. The Hall–Kier alpha value is -1.57. The van der Waals surface area contributed by atoms with Gasteiger partial charge in [-0.1, -0.05) is 0 Å². The van der Waals surface area contributed by atoms with Gasteiger partial charge in [0, 0.05) is 12.0 Å². The molecule has 1 N–H and O–H groups in total. The van der Waals surface area contributed by atoms with E-state index in [1.54, 1.807) is 12.1 Å². The van der Waals surface area contributed by atoms with Crippen molar-refractivity contribution in [3.05, 3.63) is 18.2 Å². The molecule has 1 aromatic carbocycles. The summed E-state index contributed by atoms with van der Waals surface area (Å²) in [5.74, 6) is 0.203. The Morgan fingerprint density at radius 3 is 2.52 bits per heavy atom. The van der Waals surface area contributed by atoms with Crippen molar-refractivity contribution in [3.8, 4) is 5.75 Å². The van der Waals surface area contributed by atoms with Crippen molar-refractivity contribution in [3.63, 3.8) is 0 Å². The first-order chi connectivity index (χ1) is 11.8. The normalized spacial score (nSPS) is 25.6. The van der Waals surface area contributed by atoms with Crippen LogP contribution >= 0.6 is 0 Å². The molecule has 1 atom stereocenters. The quantitative estimate of drug-likeness (QED) is 0.849. The number of nitrogens with zero attached hydrogens (tertiary/aromatic N) is 2. The molecule has 0 aliphatic carbocycles. The van der Waals surface area contributed by atoms with Gasteiger partial charge in [-0.3, -0.25) is 0 Å². The number of hydrogen-bond acceptors (Lipinski definition) is 5. The smallest absolute Gasteiger partial charge is 0.508 e. The molecule has 2 aliphatic heterocycles. The first-order valence-electron chi connectivity index (χ1n) is 8.97. The zero-order valence-corrected chi connectivity index (χ0v) is 15.3. The van der Waals surface area contributed by atoms with E-state index >= 15 is 0 Å². The van der Waals surface area contributed by atoms with Crippen LogP contribution in [0.2, 0.25) is 0 Å². The van der Waals surface area contributed by atoms with Gasteiger partial charge in [0.25, 0.3) is 0 Å². The first-order valence-corrected chi connectivity index (χ1v) is 8.97. The summed E-state index contributed by atoms with van der Waals surface area (Å²) in [7, 11) is -0.570. The van der Waals surface area contributed by atoms with Crippen LogP contribution in [0.5, 0.6) is 5.75 Å². The third-order valence-corrected chi connectivity index (χ3v) is 5.62. The van der Waals surface area contributed by atoms with Crippen molar-refractivity contribution in [2.24, 2.45) is 0 Å². The first kappa shape index (κ1) is 16.9. The highest BCUT2D eigenvalue weighted by Crippen LogP contribution is 2.37. The van der Waals surface area contributed by atoms with Crippen LogP contribution in [0.3, 0.4) is 0 Å². The van der Waals surface area contributed by atoms with E-state index in [-0.39, 0.29) is 12.0 Å². The zero-order valence-electron chi connectivity index (χ0n) is 15.3. The highest BCUT2D eigenvalue weighted by Gasteiger charge is 2.53. The van der Waals surface area contributed by atoms with Gasteiger partial charge in [-0.25, -0.2) is 4.68 Å². The van der Waals surface area contributed by atoms with Gasteiger partial charge in [0.15, 0.2) is 6.23 Å². The molecular weight excluding hydrogens is 319 g/mol. The minimum absolute atomic E-state index is 0.0861. The molecule has 2 fully saturated rings. The maximum absolute atomic E-state index is 9.97. The lowest BCUT2D eigenvalue weighted by atomic mass is 9.82. The largest absolute Gasteiger partial charge is 0.517 e. The highest BCUT2D eigenvalue weighted by atomic mass is 16.7.